The molecule has 1 rings (SSSR count). The molecule has 1 saturated carbocycles. The lowest BCUT2D eigenvalue weighted by atomic mass is 9.94. The van der Waals surface area contributed by atoms with Crippen molar-refractivity contribution in [2.75, 3.05) is 11.9 Å². The first kappa shape index (κ1) is 14.8. The van der Waals surface area contributed by atoms with Gasteiger partial charge in [-0.15, -0.1) is 0 Å². The Labute approximate surface area is 108 Å². The molecule has 1 aliphatic carbocycles. The van der Waals surface area contributed by atoms with Gasteiger partial charge in [-0.3, -0.25) is 4.79 Å². The highest BCUT2D eigenvalue weighted by molar-refractivity contribution is 9.09. The highest BCUT2D eigenvalue weighted by Gasteiger charge is 2.35. The zero-order chi connectivity index (χ0) is 12.9. The van der Waals surface area contributed by atoms with Crippen LogP contribution in [0.2, 0.25) is 0 Å². The zero-order valence-electron chi connectivity index (χ0n) is 9.60. The minimum absolute atomic E-state index is 0.00356. The molecule has 6 heteroatoms. The lowest BCUT2D eigenvalue weighted by Crippen LogP contribution is -2.44. The largest absolute Gasteiger partial charge is 0.397 e. The fourth-order valence-electron chi connectivity index (χ4n) is 2.27. The maximum atomic E-state index is 12.2. The summed E-state index contributed by atoms with van der Waals surface area (Å²) in [5, 5.41) is 0.521. The third-order valence-corrected chi connectivity index (χ3v) is 3.37. The van der Waals surface area contributed by atoms with Crippen molar-refractivity contribution in [1.82, 2.24) is 4.90 Å². The second-order valence-corrected chi connectivity index (χ2v) is 5.15. The van der Waals surface area contributed by atoms with Crippen molar-refractivity contribution in [3.63, 3.8) is 0 Å². The van der Waals surface area contributed by atoms with Crippen LogP contribution in [0.4, 0.5) is 13.2 Å². The lowest BCUT2D eigenvalue weighted by molar-refractivity contribution is -0.163. The van der Waals surface area contributed by atoms with Crippen molar-refractivity contribution in [3.8, 4) is 0 Å². The third-order valence-electron chi connectivity index (χ3n) is 3.01. The molecule has 0 spiro atoms. The van der Waals surface area contributed by atoms with Crippen LogP contribution in [0.5, 0.6) is 0 Å². The maximum absolute atomic E-state index is 12.2. The van der Waals surface area contributed by atoms with Gasteiger partial charge in [0.05, 0.1) is 0 Å². The number of nitrogens with zero attached hydrogens (tertiary/aromatic N) is 1. The molecule has 0 atom stereocenters. The number of amides is 1. The van der Waals surface area contributed by atoms with Crippen LogP contribution in [-0.4, -0.2) is 34.9 Å². The van der Waals surface area contributed by atoms with Crippen molar-refractivity contribution in [2.24, 2.45) is 0 Å². The van der Waals surface area contributed by atoms with E-state index < -0.39 is 18.5 Å². The minimum Gasteiger partial charge on any atom is -0.339 e. The van der Waals surface area contributed by atoms with E-state index in [0.717, 1.165) is 32.1 Å². The maximum Gasteiger partial charge on any atom is 0.397 e. The van der Waals surface area contributed by atoms with E-state index in [9.17, 15) is 18.0 Å². The van der Waals surface area contributed by atoms with Gasteiger partial charge in [0, 0.05) is 17.9 Å². The van der Waals surface area contributed by atoms with Crippen LogP contribution in [0.25, 0.3) is 0 Å². The number of carbonyl (C=O) groups is 1. The van der Waals surface area contributed by atoms with Gasteiger partial charge in [-0.1, -0.05) is 35.2 Å². The van der Waals surface area contributed by atoms with Gasteiger partial charge < -0.3 is 4.90 Å². The van der Waals surface area contributed by atoms with Gasteiger partial charge in [0.2, 0.25) is 5.91 Å². The Morgan fingerprint density at radius 1 is 1.24 bits per heavy atom. The zero-order valence-corrected chi connectivity index (χ0v) is 11.2. The first-order valence-corrected chi connectivity index (χ1v) is 6.98. The van der Waals surface area contributed by atoms with Gasteiger partial charge in [0.25, 0.3) is 0 Å². The Morgan fingerprint density at radius 2 is 1.82 bits per heavy atom. The highest BCUT2D eigenvalue weighted by atomic mass is 79.9. The topological polar surface area (TPSA) is 20.3 Å². The summed E-state index contributed by atoms with van der Waals surface area (Å²) >= 11 is 3.19. The number of alkyl halides is 4. The molecule has 0 radical (unpaired) electrons. The Hall–Kier alpha value is -0.260. The quantitative estimate of drug-likeness (QED) is 0.727. The fraction of sp³-hybridized carbons (Fsp3) is 0.909. The van der Waals surface area contributed by atoms with Crippen LogP contribution in [-0.2, 0) is 4.79 Å². The van der Waals surface area contributed by atoms with Crippen molar-refractivity contribution >= 4 is 21.8 Å². The smallest absolute Gasteiger partial charge is 0.339 e. The summed E-state index contributed by atoms with van der Waals surface area (Å²) < 4.78 is 36.6. The molecule has 2 nitrogen and oxygen atoms in total. The van der Waals surface area contributed by atoms with E-state index in [0.29, 0.717) is 11.9 Å². The molecular formula is C11H17BrF3NO. The van der Waals surface area contributed by atoms with E-state index in [1.165, 1.54) is 4.90 Å². The summed E-state index contributed by atoms with van der Waals surface area (Å²) in [5.74, 6) is -0.788. The van der Waals surface area contributed by atoms with Gasteiger partial charge in [-0.25, -0.2) is 0 Å². The van der Waals surface area contributed by atoms with Gasteiger partial charge in [-0.05, 0) is 12.8 Å². The van der Waals surface area contributed by atoms with Crippen LogP contribution in [0.1, 0.15) is 38.5 Å². The fourth-order valence-corrected chi connectivity index (χ4v) is 2.65. The van der Waals surface area contributed by atoms with E-state index in [2.05, 4.69) is 15.9 Å². The molecular weight excluding hydrogens is 299 g/mol. The van der Waals surface area contributed by atoms with E-state index in [1.807, 2.05) is 0 Å². The SMILES string of the molecule is O=C(CC(F)(F)F)N(CCBr)C1CCCCC1. The van der Waals surface area contributed by atoms with E-state index in [4.69, 9.17) is 0 Å². The summed E-state index contributed by atoms with van der Waals surface area (Å²) in [7, 11) is 0. The summed E-state index contributed by atoms with van der Waals surface area (Å²) in [6.07, 6.45) is -0.961. The summed E-state index contributed by atoms with van der Waals surface area (Å²) in [5.41, 5.74) is 0. The monoisotopic (exact) mass is 315 g/mol. The summed E-state index contributed by atoms with van der Waals surface area (Å²) in [6.45, 7) is 0.361. The van der Waals surface area contributed by atoms with Gasteiger partial charge >= 0.3 is 6.18 Å². The lowest BCUT2D eigenvalue weighted by Gasteiger charge is -2.34. The van der Waals surface area contributed by atoms with E-state index in [-0.39, 0.29) is 6.04 Å². The van der Waals surface area contributed by atoms with Crippen molar-refractivity contribution in [3.05, 3.63) is 0 Å². The predicted molar refractivity (Wildman–Crippen MR) is 63.1 cm³/mol. The van der Waals surface area contributed by atoms with E-state index in [1.54, 1.807) is 0 Å². The molecule has 0 N–H and O–H groups in total. The third kappa shape index (κ3) is 5.27. The average Bonchev–Trinajstić information content (AvgIpc) is 2.24. The van der Waals surface area contributed by atoms with Gasteiger partial charge in [0.1, 0.15) is 6.42 Å². The molecule has 0 saturated heterocycles. The Kier molecular flexibility index (Phi) is 5.76. The Morgan fingerprint density at radius 3 is 2.29 bits per heavy atom. The Bertz CT molecular complexity index is 252. The first-order valence-electron chi connectivity index (χ1n) is 5.86. The molecule has 0 aromatic rings. The molecule has 17 heavy (non-hydrogen) atoms. The number of hydrogen-bond donors (Lipinski definition) is 0. The summed E-state index contributed by atoms with van der Waals surface area (Å²) in [4.78, 5) is 13.0. The molecule has 0 heterocycles. The van der Waals surface area contributed by atoms with Crippen LogP contribution in [0, 0.1) is 0 Å². The predicted octanol–water partition coefficient (Wildman–Crippen LogP) is 3.50. The summed E-state index contributed by atoms with van der Waals surface area (Å²) in [6, 6.07) is -0.00356. The Balaban J connectivity index is 2.60. The number of halogens is 4. The molecule has 1 aliphatic rings. The number of carbonyl (C=O) groups excluding carboxylic acids is 1. The molecule has 0 bridgehead atoms. The van der Waals surface area contributed by atoms with E-state index >= 15 is 0 Å². The van der Waals surface area contributed by atoms with Crippen molar-refractivity contribution < 1.29 is 18.0 Å². The number of rotatable bonds is 4. The molecule has 100 valence electrons. The normalized spacial score (nSPS) is 18.1. The van der Waals surface area contributed by atoms with Crippen LogP contribution in [0.15, 0.2) is 0 Å². The second-order valence-electron chi connectivity index (χ2n) is 4.36. The molecule has 0 aromatic carbocycles. The average molecular weight is 316 g/mol. The van der Waals surface area contributed by atoms with Crippen LogP contribution >= 0.6 is 15.9 Å². The van der Waals surface area contributed by atoms with Crippen LogP contribution < -0.4 is 0 Å². The molecule has 0 aliphatic heterocycles. The minimum atomic E-state index is -4.41. The molecule has 1 amide bonds. The second kappa shape index (κ2) is 6.61. The van der Waals surface area contributed by atoms with Gasteiger partial charge in [0.15, 0.2) is 0 Å². The molecule has 1 fully saturated rings. The van der Waals surface area contributed by atoms with Gasteiger partial charge in [-0.2, -0.15) is 13.2 Å². The highest BCUT2D eigenvalue weighted by Crippen LogP contribution is 2.26. The molecule has 0 aromatic heterocycles. The van der Waals surface area contributed by atoms with Crippen molar-refractivity contribution in [1.29, 1.82) is 0 Å². The molecule has 0 unspecified atom stereocenters. The van der Waals surface area contributed by atoms with Crippen LogP contribution in [0.3, 0.4) is 0 Å². The number of hydrogen-bond acceptors (Lipinski definition) is 1. The standard InChI is InChI=1S/C11H17BrF3NO/c12-6-7-16(9-4-2-1-3-5-9)10(17)8-11(13,14)15/h9H,1-8H2. The first-order chi connectivity index (χ1) is 7.94. The van der Waals surface area contributed by atoms with Crippen molar-refractivity contribution in [2.45, 2.75) is 50.7 Å².